The average Bonchev–Trinajstić information content (AvgIpc) is 2.81. The highest BCUT2D eigenvalue weighted by atomic mass is 35.5. The zero-order valence-corrected chi connectivity index (χ0v) is 13.1. The normalized spacial score (nSPS) is 13.9. The Hall–Kier alpha value is -1.43. The number of nitrogens with one attached hydrogen (secondary N) is 1. The number of halogens is 2. The standard InChI is InChI=1S/C14H10Cl2N2O2S/c15-8-4-7(5-9(16)6-8)13(20)18-14-17-10-2-1-3-11(19)12(10)21-14/h4-6H,1-3H2,(H,17,18,20). The van der Waals surface area contributed by atoms with E-state index in [-0.39, 0.29) is 11.7 Å². The van der Waals surface area contributed by atoms with E-state index >= 15 is 0 Å². The van der Waals surface area contributed by atoms with Gasteiger partial charge in [0.05, 0.1) is 10.6 Å². The number of carbonyl (C=O) groups excluding carboxylic acids is 2. The molecule has 0 unspecified atom stereocenters. The summed E-state index contributed by atoms with van der Waals surface area (Å²) < 4.78 is 0. The number of thiazole rings is 1. The summed E-state index contributed by atoms with van der Waals surface area (Å²) in [6.45, 7) is 0. The molecule has 0 saturated heterocycles. The minimum atomic E-state index is -0.349. The van der Waals surface area contributed by atoms with E-state index in [1.165, 1.54) is 23.5 Å². The van der Waals surface area contributed by atoms with Gasteiger partial charge in [-0.25, -0.2) is 4.98 Å². The fourth-order valence-electron chi connectivity index (χ4n) is 2.18. The molecule has 0 atom stereocenters. The molecule has 0 bridgehead atoms. The second-order valence-electron chi connectivity index (χ2n) is 4.68. The smallest absolute Gasteiger partial charge is 0.257 e. The minimum Gasteiger partial charge on any atom is -0.298 e. The van der Waals surface area contributed by atoms with Gasteiger partial charge in [0, 0.05) is 22.0 Å². The van der Waals surface area contributed by atoms with Crippen LogP contribution in [-0.2, 0) is 6.42 Å². The molecule has 4 nitrogen and oxygen atoms in total. The second-order valence-corrected chi connectivity index (χ2v) is 6.56. The summed E-state index contributed by atoms with van der Waals surface area (Å²) >= 11 is 13.0. The Morgan fingerprint density at radius 2 is 1.90 bits per heavy atom. The van der Waals surface area contributed by atoms with Gasteiger partial charge >= 0.3 is 0 Å². The van der Waals surface area contributed by atoms with Crippen LogP contribution in [0.3, 0.4) is 0 Å². The van der Waals surface area contributed by atoms with Crippen LogP contribution in [-0.4, -0.2) is 16.7 Å². The molecular formula is C14H10Cl2N2O2S. The molecule has 1 aliphatic rings. The third-order valence-electron chi connectivity index (χ3n) is 3.11. The monoisotopic (exact) mass is 340 g/mol. The maximum absolute atomic E-state index is 12.2. The van der Waals surface area contributed by atoms with Crippen molar-refractivity contribution >= 4 is 51.4 Å². The fourth-order valence-corrected chi connectivity index (χ4v) is 3.68. The van der Waals surface area contributed by atoms with E-state index in [4.69, 9.17) is 23.2 Å². The first-order chi connectivity index (χ1) is 10.0. The van der Waals surface area contributed by atoms with E-state index in [9.17, 15) is 9.59 Å². The SMILES string of the molecule is O=C(Nc1nc2c(s1)C(=O)CCC2)c1cc(Cl)cc(Cl)c1. The molecule has 1 heterocycles. The molecule has 0 aliphatic heterocycles. The lowest BCUT2D eigenvalue weighted by atomic mass is 10.0. The number of carbonyl (C=O) groups is 2. The van der Waals surface area contributed by atoms with E-state index in [0.29, 0.717) is 32.0 Å². The topological polar surface area (TPSA) is 59.1 Å². The van der Waals surface area contributed by atoms with Crippen molar-refractivity contribution in [1.82, 2.24) is 4.98 Å². The number of fused-ring (bicyclic) bond motifs is 1. The molecule has 3 rings (SSSR count). The Morgan fingerprint density at radius 3 is 2.57 bits per heavy atom. The molecule has 0 radical (unpaired) electrons. The number of amides is 1. The lowest BCUT2D eigenvalue weighted by Crippen LogP contribution is -2.11. The molecule has 0 fully saturated rings. The fraction of sp³-hybridized carbons (Fsp3) is 0.214. The highest BCUT2D eigenvalue weighted by molar-refractivity contribution is 7.17. The summed E-state index contributed by atoms with van der Waals surface area (Å²) in [4.78, 5) is 28.9. The summed E-state index contributed by atoms with van der Waals surface area (Å²) in [7, 11) is 0. The van der Waals surface area contributed by atoms with Gasteiger partial charge in [0.25, 0.3) is 5.91 Å². The van der Waals surface area contributed by atoms with Gasteiger partial charge in [0.2, 0.25) is 0 Å². The highest BCUT2D eigenvalue weighted by Crippen LogP contribution is 2.30. The van der Waals surface area contributed by atoms with E-state index < -0.39 is 0 Å². The van der Waals surface area contributed by atoms with Crippen molar-refractivity contribution < 1.29 is 9.59 Å². The van der Waals surface area contributed by atoms with Gasteiger partial charge in [-0.15, -0.1) is 0 Å². The summed E-state index contributed by atoms with van der Waals surface area (Å²) in [5.74, 6) is -0.252. The van der Waals surface area contributed by atoms with Gasteiger partial charge in [-0.2, -0.15) is 0 Å². The Balaban J connectivity index is 1.83. The van der Waals surface area contributed by atoms with Crippen molar-refractivity contribution in [3.05, 3.63) is 44.4 Å². The van der Waals surface area contributed by atoms with E-state index in [0.717, 1.165) is 18.5 Å². The zero-order valence-electron chi connectivity index (χ0n) is 10.8. The molecule has 0 saturated carbocycles. The molecule has 108 valence electrons. The van der Waals surface area contributed by atoms with Crippen molar-refractivity contribution in [2.24, 2.45) is 0 Å². The van der Waals surface area contributed by atoms with Crippen LogP contribution in [0.5, 0.6) is 0 Å². The molecule has 2 aromatic rings. The lowest BCUT2D eigenvalue weighted by Gasteiger charge is -2.05. The van der Waals surface area contributed by atoms with Crippen LogP contribution in [0.25, 0.3) is 0 Å². The maximum atomic E-state index is 12.2. The predicted molar refractivity (Wildman–Crippen MR) is 83.8 cm³/mol. The predicted octanol–water partition coefficient (Wildman–Crippen LogP) is 4.22. The van der Waals surface area contributed by atoms with Gasteiger partial charge in [0.15, 0.2) is 10.9 Å². The number of aryl methyl sites for hydroxylation is 1. The number of hydrogen-bond acceptors (Lipinski definition) is 4. The van der Waals surface area contributed by atoms with Crippen molar-refractivity contribution in [1.29, 1.82) is 0 Å². The van der Waals surface area contributed by atoms with E-state index in [1.807, 2.05) is 0 Å². The van der Waals surface area contributed by atoms with Gasteiger partial charge in [0.1, 0.15) is 0 Å². The molecule has 1 aliphatic carbocycles. The average molecular weight is 341 g/mol. The highest BCUT2D eigenvalue weighted by Gasteiger charge is 2.23. The number of Topliss-reactive ketones (excluding diaryl/α,β-unsaturated/α-hetero) is 1. The number of rotatable bonds is 2. The quantitative estimate of drug-likeness (QED) is 0.890. The van der Waals surface area contributed by atoms with Gasteiger partial charge in [-0.05, 0) is 31.0 Å². The van der Waals surface area contributed by atoms with Crippen molar-refractivity contribution in [3.63, 3.8) is 0 Å². The van der Waals surface area contributed by atoms with Crippen LogP contribution in [0.2, 0.25) is 10.0 Å². The number of ketones is 1. The maximum Gasteiger partial charge on any atom is 0.257 e. The number of hydrogen-bond donors (Lipinski definition) is 1. The van der Waals surface area contributed by atoms with Crippen molar-refractivity contribution in [3.8, 4) is 0 Å². The van der Waals surface area contributed by atoms with Gasteiger partial charge in [-0.3, -0.25) is 14.9 Å². The number of anilines is 1. The molecule has 1 aromatic carbocycles. The number of benzene rings is 1. The first-order valence-corrected chi connectivity index (χ1v) is 7.90. The third-order valence-corrected chi connectivity index (χ3v) is 4.60. The summed E-state index contributed by atoms with van der Waals surface area (Å²) in [6.07, 6.45) is 2.13. The van der Waals surface area contributed by atoms with E-state index in [2.05, 4.69) is 10.3 Å². The third kappa shape index (κ3) is 3.10. The number of aromatic nitrogens is 1. The number of nitrogens with zero attached hydrogens (tertiary/aromatic N) is 1. The van der Waals surface area contributed by atoms with Gasteiger partial charge in [-0.1, -0.05) is 34.5 Å². The minimum absolute atomic E-state index is 0.0973. The van der Waals surface area contributed by atoms with Crippen LogP contribution in [0, 0.1) is 0 Å². The molecule has 1 aromatic heterocycles. The van der Waals surface area contributed by atoms with Crippen LogP contribution in [0.1, 0.15) is 38.6 Å². The summed E-state index contributed by atoms with van der Waals surface area (Å²) in [5, 5.41) is 3.90. The van der Waals surface area contributed by atoms with E-state index in [1.54, 1.807) is 6.07 Å². The first-order valence-electron chi connectivity index (χ1n) is 6.33. The van der Waals surface area contributed by atoms with Crippen LogP contribution < -0.4 is 5.32 Å². The Bertz CT molecular complexity index is 722. The van der Waals surface area contributed by atoms with Gasteiger partial charge < -0.3 is 0 Å². The molecular weight excluding hydrogens is 331 g/mol. The molecule has 1 amide bonds. The van der Waals surface area contributed by atoms with Crippen molar-refractivity contribution in [2.45, 2.75) is 19.3 Å². The lowest BCUT2D eigenvalue weighted by molar-refractivity contribution is 0.0975. The van der Waals surface area contributed by atoms with Crippen LogP contribution >= 0.6 is 34.5 Å². The largest absolute Gasteiger partial charge is 0.298 e. The molecule has 0 spiro atoms. The molecule has 1 N–H and O–H groups in total. The summed E-state index contributed by atoms with van der Waals surface area (Å²) in [5.41, 5.74) is 1.13. The molecule has 21 heavy (non-hydrogen) atoms. The van der Waals surface area contributed by atoms with Crippen LogP contribution in [0.15, 0.2) is 18.2 Å². The second kappa shape index (κ2) is 5.75. The molecule has 7 heteroatoms. The Morgan fingerprint density at radius 1 is 1.19 bits per heavy atom. The van der Waals surface area contributed by atoms with Crippen molar-refractivity contribution in [2.75, 3.05) is 5.32 Å². The Kier molecular flexibility index (Phi) is 3.97. The van der Waals surface area contributed by atoms with Crippen LogP contribution in [0.4, 0.5) is 5.13 Å². The summed E-state index contributed by atoms with van der Waals surface area (Å²) in [6, 6.07) is 4.61. The first kappa shape index (κ1) is 14.5. The zero-order chi connectivity index (χ0) is 15.0. The Labute approximate surface area is 135 Å².